The van der Waals surface area contributed by atoms with E-state index >= 15 is 0 Å². The molecule has 0 spiro atoms. The molecule has 154 valence electrons. The predicted molar refractivity (Wildman–Crippen MR) is 119 cm³/mol. The number of hydrogen-bond donors (Lipinski definition) is 2. The van der Waals surface area contributed by atoms with Crippen LogP contribution in [0.4, 0.5) is 0 Å². The first-order chi connectivity index (χ1) is 14.2. The zero-order valence-corrected chi connectivity index (χ0v) is 17.5. The highest BCUT2D eigenvalue weighted by molar-refractivity contribution is 5.80. The van der Waals surface area contributed by atoms with Gasteiger partial charge in [0.05, 0.1) is 5.69 Å². The quantitative estimate of drug-likeness (QED) is 0.562. The fourth-order valence-corrected chi connectivity index (χ4v) is 4.24. The summed E-state index contributed by atoms with van der Waals surface area (Å²) in [6, 6.07) is 17.5. The summed E-state index contributed by atoms with van der Waals surface area (Å²) >= 11 is 0. The van der Waals surface area contributed by atoms with E-state index in [4.69, 9.17) is 0 Å². The fourth-order valence-electron chi connectivity index (χ4n) is 4.24. The summed E-state index contributed by atoms with van der Waals surface area (Å²) in [5, 5.41) is 7.26. The van der Waals surface area contributed by atoms with Crippen LogP contribution in [0.25, 0.3) is 0 Å². The molecule has 2 aliphatic rings. The van der Waals surface area contributed by atoms with Crippen LogP contribution in [0.1, 0.15) is 36.9 Å². The average molecular weight is 392 g/mol. The van der Waals surface area contributed by atoms with Crippen LogP contribution >= 0.6 is 0 Å². The SMILES string of the molecule is CN=C(NCC1(Cc2ccccc2)CC1)NC1CCN(Cc2ccccn2)CC1. The van der Waals surface area contributed by atoms with E-state index in [1.54, 1.807) is 0 Å². The van der Waals surface area contributed by atoms with Gasteiger partial charge in [-0.25, -0.2) is 0 Å². The second-order valence-electron chi connectivity index (χ2n) is 8.60. The number of piperidine rings is 1. The van der Waals surface area contributed by atoms with Crippen molar-refractivity contribution in [2.24, 2.45) is 10.4 Å². The standard InChI is InChI=1S/C24H33N5/c1-25-23(27-19-24(12-13-24)17-20-7-3-2-4-8-20)28-21-10-15-29(16-11-21)18-22-9-5-6-14-26-22/h2-9,14,21H,10-13,15-19H2,1H3,(H2,25,27,28). The normalized spacial score (nSPS) is 19.7. The highest BCUT2D eigenvalue weighted by Gasteiger charge is 2.42. The largest absolute Gasteiger partial charge is 0.356 e. The van der Waals surface area contributed by atoms with Gasteiger partial charge in [-0.15, -0.1) is 0 Å². The first-order valence-corrected chi connectivity index (χ1v) is 10.9. The second kappa shape index (κ2) is 9.40. The van der Waals surface area contributed by atoms with Gasteiger partial charge < -0.3 is 10.6 Å². The first-order valence-electron chi connectivity index (χ1n) is 10.9. The molecule has 4 rings (SSSR count). The monoisotopic (exact) mass is 391 g/mol. The number of pyridine rings is 1. The summed E-state index contributed by atoms with van der Waals surface area (Å²) in [5.74, 6) is 0.951. The predicted octanol–water partition coefficient (Wildman–Crippen LogP) is 3.23. The van der Waals surface area contributed by atoms with E-state index in [1.807, 2.05) is 19.3 Å². The third-order valence-corrected chi connectivity index (χ3v) is 6.27. The van der Waals surface area contributed by atoms with Crippen molar-refractivity contribution in [3.05, 3.63) is 66.0 Å². The maximum atomic E-state index is 4.48. The molecule has 5 nitrogen and oxygen atoms in total. The van der Waals surface area contributed by atoms with Crippen molar-refractivity contribution in [1.82, 2.24) is 20.5 Å². The third-order valence-electron chi connectivity index (χ3n) is 6.27. The average Bonchev–Trinajstić information content (AvgIpc) is 3.53. The van der Waals surface area contributed by atoms with E-state index in [2.05, 4.69) is 68.0 Å². The Morgan fingerprint density at radius 2 is 1.86 bits per heavy atom. The van der Waals surface area contributed by atoms with Crippen molar-refractivity contribution in [3.63, 3.8) is 0 Å². The first kappa shape index (κ1) is 19.9. The Balaban J connectivity index is 1.20. The highest BCUT2D eigenvalue weighted by atomic mass is 15.2. The van der Waals surface area contributed by atoms with E-state index in [1.165, 1.54) is 18.4 Å². The van der Waals surface area contributed by atoms with Crippen LogP contribution in [0.3, 0.4) is 0 Å². The second-order valence-corrected chi connectivity index (χ2v) is 8.60. The molecule has 5 heteroatoms. The van der Waals surface area contributed by atoms with Crippen molar-refractivity contribution >= 4 is 5.96 Å². The molecule has 29 heavy (non-hydrogen) atoms. The molecular weight excluding hydrogens is 358 g/mol. The Kier molecular flexibility index (Phi) is 6.45. The molecule has 0 radical (unpaired) electrons. The van der Waals surface area contributed by atoms with Crippen molar-refractivity contribution in [1.29, 1.82) is 0 Å². The summed E-state index contributed by atoms with van der Waals surface area (Å²) in [6.45, 7) is 4.15. The molecule has 1 aliphatic carbocycles. The molecule has 0 bridgehead atoms. The number of aromatic nitrogens is 1. The van der Waals surface area contributed by atoms with Gasteiger partial charge >= 0.3 is 0 Å². The Hall–Kier alpha value is -2.40. The molecule has 0 amide bonds. The van der Waals surface area contributed by atoms with Gasteiger partial charge in [0.25, 0.3) is 0 Å². The van der Waals surface area contributed by atoms with Crippen molar-refractivity contribution in [3.8, 4) is 0 Å². The van der Waals surface area contributed by atoms with Crippen LogP contribution < -0.4 is 10.6 Å². The summed E-state index contributed by atoms with van der Waals surface area (Å²) < 4.78 is 0. The Bertz CT molecular complexity index is 777. The third kappa shape index (κ3) is 5.80. The lowest BCUT2D eigenvalue weighted by molar-refractivity contribution is 0.196. The maximum absolute atomic E-state index is 4.48. The zero-order chi connectivity index (χ0) is 19.9. The summed E-state index contributed by atoms with van der Waals surface area (Å²) in [6.07, 6.45) is 7.93. The van der Waals surface area contributed by atoms with Crippen LogP contribution in [0.15, 0.2) is 59.7 Å². The minimum atomic E-state index is 0.408. The molecule has 0 unspecified atom stereocenters. The summed E-state index contributed by atoms with van der Waals surface area (Å²) in [5.41, 5.74) is 3.00. The number of nitrogens with zero attached hydrogens (tertiary/aromatic N) is 3. The van der Waals surface area contributed by atoms with Crippen molar-refractivity contribution in [2.45, 2.75) is 44.7 Å². The van der Waals surface area contributed by atoms with Gasteiger partial charge in [-0.3, -0.25) is 14.9 Å². The summed E-state index contributed by atoms with van der Waals surface area (Å²) in [4.78, 5) is 11.4. The van der Waals surface area contributed by atoms with Crippen LogP contribution in [0.2, 0.25) is 0 Å². The van der Waals surface area contributed by atoms with Gasteiger partial charge in [0.15, 0.2) is 5.96 Å². The molecule has 2 aromatic rings. The van der Waals surface area contributed by atoms with Crippen LogP contribution in [0, 0.1) is 5.41 Å². The Morgan fingerprint density at radius 1 is 1.10 bits per heavy atom. The molecule has 1 aliphatic heterocycles. The van der Waals surface area contributed by atoms with Crippen molar-refractivity contribution in [2.75, 3.05) is 26.7 Å². The van der Waals surface area contributed by atoms with Gasteiger partial charge in [0.2, 0.25) is 0 Å². The molecule has 1 saturated carbocycles. The topological polar surface area (TPSA) is 52.6 Å². The Morgan fingerprint density at radius 3 is 2.52 bits per heavy atom. The lowest BCUT2D eigenvalue weighted by atomic mass is 9.96. The van der Waals surface area contributed by atoms with Gasteiger partial charge in [-0.05, 0) is 55.2 Å². The minimum absolute atomic E-state index is 0.408. The molecule has 1 aromatic heterocycles. The van der Waals surface area contributed by atoms with E-state index < -0.39 is 0 Å². The van der Waals surface area contributed by atoms with Gasteiger partial charge in [-0.2, -0.15) is 0 Å². The smallest absolute Gasteiger partial charge is 0.191 e. The number of benzene rings is 1. The minimum Gasteiger partial charge on any atom is -0.356 e. The molecule has 2 N–H and O–H groups in total. The van der Waals surface area contributed by atoms with Crippen LogP contribution in [0.5, 0.6) is 0 Å². The molecular formula is C24H33N5. The van der Waals surface area contributed by atoms with Crippen LogP contribution in [-0.4, -0.2) is 48.6 Å². The number of likely N-dealkylation sites (tertiary alicyclic amines) is 1. The fraction of sp³-hybridized carbons (Fsp3) is 0.500. The van der Waals surface area contributed by atoms with Gasteiger partial charge in [0, 0.05) is 45.5 Å². The Labute approximate surface area is 174 Å². The van der Waals surface area contributed by atoms with E-state index in [-0.39, 0.29) is 0 Å². The lowest BCUT2D eigenvalue weighted by Crippen LogP contribution is -2.49. The number of nitrogens with one attached hydrogen (secondary N) is 2. The van der Waals surface area contributed by atoms with Gasteiger partial charge in [-0.1, -0.05) is 36.4 Å². The molecule has 2 heterocycles. The lowest BCUT2D eigenvalue weighted by Gasteiger charge is -2.33. The van der Waals surface area contributed by atoms with E-state index in [0.717, 1.165) is 57.1 Å². The molecule has 2 fully saturated rings. The molecule has 1 aromatic carbocycles. The molecule has 0 atom stereocenters. The van der Waals surface area contributed by atoms with E-state index in [0.29, 0.717) is 11.5 Å². The summed E-state index contributed by atoms with van der Waals surface area (Å²) in [7, 11) is 1.88. The number of guanidine groups is 1. The molecule has 1 saturated heterocycles. The number of hydrogen-bond acceptors (Lipinski definition) is 3. The van der Waals surface area contributed by atoms with Crippen molar-refractivity contribution < 1.29 is 0 Å². The van der Waals surface area contributed by atoms with Crippen LogP contribution in [-0.2, 0) is 13.0 Å². The van der Waals surface area contributed by atoms with E-state index in [9.17, 15) is 0 Å². The number of rotatable bonds is 7. The van der Waals surface area contributed by atoms with Gasteiger partial charge in [0.1, 0.15) is 0 Å². The highest BCUT2D eigenvalue weighted by Crippen LogP contribution is 2.47. The zero-order valence-electron chi connectivity index (χ0n) is 17.5. The maximum Gasteiger partial charge on any atom is 0.191 e. The number of aliphatic imine (C=N–C) groups is 1.